The van der Waals surface area contributed by atoms with Crippen molar-refractivity contribution in [2.75, 3.05) is 13.1 Å². The molecule has 0 aliphatic rings. The lowest BCUT2D eigenvalue weighted by molar-refractivity contribution is -0.115. The molecule has 0 radical (unpaired) electrons. The highest BCUT2D eigenvalue weighted by atomic mass is 16.6. The molecule has 0 aliphatic heterocycles. The Morgan fingerprint density at radius 2 is 1.82 bits per heavy atom. The SMILES string of the molecule is C=CCN(CC(C)(C)C=O)C(=O)OC(C)(C)C. The van der Waals surface area contributed by atoms with Crippen molar-refractivity contribution in [2.24, 2.45) is 5.41 Å². The van der Waals surface area contributed by atoms with Crippen LogP contribution in [-0.2, 0) is 9.53 Å². The molecule has 0 heterocycles. The third-order valence-electron chi connectivity index (χ3n) is 1.92. The second-order valence-corrected chi connectivity index (χ2v) is 5.76. The molecule has 0 saturated carbocycles. The summed E-state index contributed by atoms with van der Waals surface area (Å²) in [6, 6.07) is 0. The van der Waals surface area contributed by atoms with Gasteiger partial charge in [0.1, 0.15) is 11.9 Å². The maximum Gasteiger partial charge on any atom is 0.410 e. The summed E-state index contributed by atoms with van der Waals surface area (Å²) in [4.78, 5) is 24.2. The van der Waals surface area contributed by atoms with Gasteiger partial charge < -0.3 is 14.4 Å². The Hall–Kier alpha value is -1.32. The smallest absolute Gasteiger partial charge is 0.410 e. The summed E-state index contributed by atoms with van der Waals surface area (Å²) in [5, 5.41) is 0. The first-order chi connectivity index (χ1) is 7.61. The summed E-state index contributed by atoms with van der Waals surface area (Å²) in [6.45, 7) is 13.3. The van der Waals surface area contributed by atoms with Crippen LogP contribution in [0.5, 0.6) is 0 Å². The fraction of sp³-hybridized carbons (Fsp3) is 0.692. The van der Waals surface area contributed by atoms with Gasteiger partial charge in [-0.05, 0) is 20.8 Å². The molecular weight excluding hydrogens is 218 g/mol. The number of aldehydes is 1. The highest BCUT2D eigenvalue weighted by Crippen LogP contribution is 2.16. The van der Waals surface area contributed by atoms with Crippen LogP contribution in [-0.4, -0.2) is 36.0 Å². The number of amides is 1. The fourth-order valence-electron chi connectivity index (χ4n) is 1.22. The molecule has 0 rings (SSSR count). The lowest BCUT2D eigenvalue weighted by atomic mass is 9.95. The van der Waals surface area contributed by atoms with Crippen molar-refractivity contribution < 1.29 is 14.3 Å². The van der Waals surface area contributed by atoms with Crippen molar-refractivity contribution in [3.05, 3.63) is 12.7 Å². The molecule has 17 heavy (non-hydrogen) atoms. The Morgan fingerprint density at radius 1 is 1.29 bits per heavy atom. The van der Waals surface area contributed by atoms with Crippen molar-refractivity contribution in [3.63, 3.8) is 0 Å². The molecule has 0 saturated heterocycles. The minimum atomic E-state index is -0.583. The zero-order valence-corrected chi connectivity index (χ0v) is 11.4. The molecule has 0 spiro atoms. The van der Waals surface area contributed by atoms with Crippen LogP contribution in [0.4, 0.5) is 4.79 Å². The standard InChI is InChI=1S/C13H23NO3/c1-7-8-14(9-13(5,6)10-15)11(16)17-12(2,3)4/h7,10H,1,8-9H2,2-6H3. The molecule has 1 amide bonds. The van der Waals surface area contributed by atoms with Crippen LogP contribution in [0.3, 0.4) is 0 Å². The molecule has 98 valence electrons. The van der Waals surface area contributed by atoms with Crippen LogP contribution >= 0.6 is 0 Å². The average molecular weight is 241 g/mol. The second kappa shape index (κ2) is 5.84. The molecule has 0 atom stereocenters. The third kappa shape index (κ3) is 6.76. The molecule has 0 aromatic carbocycles. The lowest BCUT2D eigenvalue weighted by Gasteiger charge is -2.30. The highest BCUT2D eigenvalue weighted by molar-refractivity contribution is 5.69. The first kappa shape index (κ1) is 15.7. The number of carbonyl (C=O) groups excluding carboxylic acids is 2. The van der Waals surface area contributed by atoms with E-state index in [9.17, 15) is 9.59 Å². The molecule has 0 fully saturated rings. The van der Waals surface area contributed by atoms with Gasteiger partial charge in [0, 0.05) is 18.5 Å². The van der Waals surface area contributed by atoms with E-state index in [2.05, 4.69) is 6.58 Å². The average Bonchev–Trinajstić information content (AvgIpc) is 2.14. The molecule has 4 heteroatoms. The van der Waals surface area contributed by atoms with Gasteiger partial charge >= 0.3 is 6.09 Å². The largest absolute Gasteiger partial charge is 0.444 e. The van der Waals surface area contributed by atoms with Crippen LogP contribution in [0.25, 0.3) is 0 Å². The zero-order valence-electron chi connectivity index (χ0n) is 11.4. The molecule has 0 N–H and O–H groups in total. The lowest BCUT2D eigenvalue weighted by Crippen LogP contribution is -2.42. The van der Waals surface area contributed by atoms with Gasteiger partial charge in [0.25, 0.3) is 0 Å². The molecular formula is C13H23NO3. The van der Waals surface area contributed by atoms with Crippen LogP contribution in [0.1, 0.15) is 34.6 Å². The summed E-state index contributed by atoms with van der Waals surface area (Å²) in [5.74, 6) is 0. The maximum absolute atomic E-state index is 11.9. The number of hydrogen-bond donors (Lipinski definition) is 0. The Bertz CT molecular complexity index is 290. The number of rotatable bonds is 5. The third-order valence-corrected chi connectivity index (χ3v) is 1.92. The monoisotopic (exact) mass is 241 g/mol. The van der Waals surface area contributed by atoms with Crippen LogP contribution in [0, 0.1) is 5.41 Å². The molecule has 0 aromatic rings. The predicted octanol–water partition coefficient (Wildman–Crippen LogP) is 2.63. The Balaban J connectivity index is 4.68. The quantitative estimate of drug-likeness (QED) is 0.549. The second-order valence-electron chi connectivity index (χ2n) is 5.76. The van der Waals surface area contributed by atoms with Crippen molar-refractivity contribution in [1.82, 2.24) is 4.90 Å². The minimum absolute atomic E-state index is 0.317. The summed E-state index contributed by atoms with van der Waals surface area (Å²) < 4.78 is 5.27. The van der Waals surface area contributed by atoms with Gasteiger partial charge in [-0.1, -0.05) is 19.9 Å². The number of ether oxygens (including phenoxy) is 1. The predicted molar refractivity (Wildman–Crippen MR) is 67.8 cm³/mol. The molecule has 0 unspecified atom stereocenters. The summed E-state index contributed by atoms with van der Waals surface area (Å²) in [6.07, 6.45) is 2.03. The normalized spacial score (nSPS) is 11.8. The van der Waals surface area contributed by atoms with Crippen molar-refractivity contribution in [1.29, 1.82) is 0 Å². The Morgan fingerprint density at radius 3 is 2.18 bits per heavy atom. The summed E-state index contributed by atoms with van der Waals surface area (Å²) in [7, 11) is 0. The van der Waals surface area contributed by atoms with Gasteiger partial charge in [0.2, 0.25) is 0 Å². The van der Waals surface area contributed by atoms with E-state index < -0.39 is 17.1 Å². The van der Waals surface area contributed by atoms with E-state index in [0.717, 1.165) is 6.29 Å². The number of hydrogen-bond acceptors (Lipinski definition) is 3. The van der Waals surface area contributed by atoms with Gasteiger partial charge in [0.05, 0.1) is 0 Å². The van der Waals surface area contributed by atoms with Crippen molar-refractivity contribution >= 4 is 12.4 Å². The molecule has 0 aromatic heterocycles. The van der Waals surface area contributed by atoms with Crippen LogP contribution in [0.2, 0.25) is 0 Å². The Kier molecular flexibility index (Phi) is 5.39. The van der Waals surface area contributed by atoms with Gasteiger partial charge in [-0.2, -0.15) is 0 Å². The number of carbonyl (C=O) groups is 2. The highest BCUT2D eigenvalue weighted by Gasteiger charge is 2.27. The van der Waals surface area contributed by atoms with E-state index in [1.807, 2.05) is 20.8 Å². The minimum Gasteiger partial charge on any atom is -0.444 e. The van der Waals surface area contributed by atoms with E-state index >= 15 is 0 Å². The van der Waals surface area contributed by atoms with E-state index in [1.54, 1.807) is 19.9 Å². The molecule has 0 bridgehead atoms. The van der Waals surface area contributed by atoms with Gasteiger partial charge in [-0.15, -0.1) is 6.58 Å². The first-order valence-corrected chi connectivity index (χ1v) is 5.66. The van der Waals surface area contributed by atoms with E-state index in [-0.39, 0.29) is 0 Å². The molecule has 4 nitrogen and oxygen atoms in total. The molecule has 0 aliphatic carbocycles. The van der Waals surface area contributed by atoms with Crippen molar-refractivity contribution in [2.45, 2.75) is 40.2 Å². The van der Waals surface area contributed by atoms with E-state index in [0.29, 0.717) is 13.1 Å². The van der Waals surface area contributed by atoms with Gasteiger partial charge in [-0.3, -0.25) is 0 Å². The van der Waals surface area contributed by atoms with E-state index in [4.69, 9.17) is 4.74 Å². The van der Waals surface area contributed by atoms with Crippen molar-refractivity contribution in [3.8, 4) is 0 Å². The van der Waals surface area contributed by atoms with Crippen LogP contribution in [0.15, 0.2) is 12.7 Å². The Labute approximate surface area is 104 Å². The number of nitrogens with zero attached hydrogens (tertiary/aromatic N) is 1. The van der Waals surface area contributed by atoms with Gasteiger partial charge in [-0.25, -0.2) is 4.79 Å². The summed E-state index contributed by atoms with van der Waals surface area (Å²) >= 11 is 0. The van der Waals surface area contributed by atoms with E-state index in [1.165, 1.54) is 4.90 Å². The first-order valence-electron chi connectivity index (χ1n) is 5.66. The zero-order chi connectivity index (χ0) is 13.7. The summed E-state index contributed by atoms with van der Waals surface area (Å²) in [5.41, 5.74) is -1.12. The topological polar surface area (TPSA) is 46.6 Å². The van der Waals surface area contributed by atoms with Crippen LogP contribution < -0.4 is 0 Å². The maximum atomic E-state index is 11.9. The fourth-order valence-corrected chi connectivity index (χ4v) is 1.22. The van der Waals surface area contributed by atoms with Gasteiger partial charge in [0.15, 0.2) is 0 Å².